The highest BCUT2D eigenvalue weighted by molar-refractivity contribution is 6.74. The van der Waals surface area contributed by atoms with Crippen LogP contribution in [-0.2, 0) is 9.59 Å². The van der Waals surface area contributed by atoms with Gasteiger partial charge in [0.15, 0.2) is 0 Å². The molecule has 0 saturated heterocycles. The van der Waals surface area contributed by atoms with E-state index >= 15 is 0 Å². The summed E-state index contributed by atoms with van der Waals surface area (Å²) in [5, 5.41) is -1.38. The molecule has 0 N–H and O–H groups in total. The molecule has 0 heterocycles. The van der Waals surface area contributed by atoms with E-state index in [0.717, 1.165) is 0 Å². The van der Waals surface area contributed by atoms with Crippen molar-refractivity contribution in [2.24, 2.45) is 16.2 Å². The van der Waals surface area contributed by atoms with E-state index < -0.39 is 26.7 Å². The SMILES string of the molecule is CC(C)(C)C(C(=O)Cl)(C(=O)Cl)C(C)(C)C. The standard InChI is InChI=1S/C11H18Cl2O2/c1-9(2,3)11(7(12)14,8(13)15)10(4,5)6/h1-6H3. The Balaban J connectivity index is 5.97. The molecular formula is C11H18Cl2O2. The van der Waals surface area contributed by atoms with Crippen LogP contribution < -0.4 is 0 Å². The van der Waals surface area contributed by atoms with Gasteiger partial charge in [-0.15, -0.1) is 0 Å². The fraction of sp³-hybridized carbons (Fsp3) is 0.818. The van der Waals surface area contributed by atoms with Crippen LogP contribution in [0.3, 0.4) is 0 Å². The first-order valence-electron chi connectivity index (χ1n) is 4.79. The van der Waals surface area contributed by atoms with Crippen LogP contribution in [0, 0.1) is 16.2 Å². The van der Waals surface area contributed by atoms with Crippen molar-refractivity contribution in [2.75, 3.05) is 0 Å². The van der Waals surface area contributed by atoms with Crippen molar-refractivity contribution in [3.63, 3.8) is 0 Å². The smallest absolute Gasteiger partial charge is 0.237 e. The Bertz CT molecular complexity index is 252. The maximum Gasteiger partial charge on any atom is 0.237 e. The monoisotopic (exact) mass is 252 g/mol. The highest BCUT2D eigenvalue weighted by Crippen LogP contribution is 2.54. The number of hydrogen-bond donors (Lipinski definition) is 0. The Hall–Kier alpha value is -0.0800. The van der Waals surface area contributed by atoms with E-state index in [1.54, 1.807) is 41.5 Å². The Morgan fingerprint density at radius 2 is 0.933 bits per heavy atom. The van der Waals surface area contributed by atoms with Crippen molar-refractivity contribution >= 4 is 33.7 Å². The Morgan fingerprint density at radius 1 is 0.733 bits per heavy atom. The summed E-state index contributed by atoms with van der Waals surface area (Å²) < 4.78 is 0. The van der Waals surface area contributed by atoms with E-state index in [0.29, 0.717) is 0 Å². The molecule has 88 valence electrons. The summed E-state index contributed by atoms with van der Waals surface area (Å²) in [6, 6.07) is 0. The highest BCUT2D eigenvalue weighted by Gasteiger charge is 2.60. The summed E-state index contributed by atoms with van der Waals surface area (Å²) in [5.41, 5.74) is -2.62. The zero-order chi connectivity index (χ0) is 12.7. The average molecular weight is 253 g/mol. The summed E-state index contributed by atoms with van der Waals surface area (Å²) in [4.78, 5) is 23.3. The van der Waals surface area contributed by atoms with Gasteiger partial charge in [0.25, 0.3) is 0 Å². The maximum absolute atomic E-state index is 11.7. The molecule has 4 heteroatoms. The lowest BCUT2D eigenvalue weighted by Gasteiger charge is -2.47. The minimum atomic E-state index is -1.37. The van der Waals surface area contributed by atoms with Gasteiger partial charge in [-0.3, -0.25) is 9.59 Å². The van der Waals surface area contributed by atoms with E-state index in [1.165, 1.54) is 0 Å². The minimum absolute atomic E-state index is 0.622. The lowest BCUT2D eigenvalue weighted by Crippen LogP contribution is -2.54. The van der Waals surface area contributed by atoms with Gasteiger partial charge in [0.1, 0.15) is 5.41 Å². The molecule has 15 heavy (non-hydrogen) atoms. The number of carbonyl (C=O) groups excluding carboxylic acids is 2. The van der Waals surface area contributed by atoms with Gasteiger partial charge in [-0.25, -0.2) is 0 Å². The zero-order valence-corrected chi connectivity index (χ0v) is 11.6. The molecule has 0 aromatic rings. The molecule has 0 saturated carbocycles. The minimum Gasteiger partial charge on any atom is -0.280 e. The van der Waals surface area contributed by atoms with E-state index in [2.05, 4.69) is 0 Å². The van der Waals surface area contributed by atoms with Gasteiger partial charge in [0.2, 0.25) is 10.5 Å². The van der Waals surface area contributed by atoms with Gasteiger partial charge in [0.05, 0.1) is 0 Å². The number of rotatable bonds is 2. The Labute approximate surface area is 101 Å². The van der Waals surface area contributed by atoms with Gasteiger partial charge >= 0.3 is 0 Å². The zero-order valence-electron chi connectivity index (χ0n) is 10.1. The van der Waals surface area contributed by atoms with Crippen molar-refractivity contribution in [2.45, 2.75) is 41.5 Å². The maximum atomic E-state index is 11.7. The molecule has 0 bridgehead atoms. The van der Waals surface area contributed by atoms with Crippen LogP contribution in [0.2, 0.25) is 0 Å². The molecule has 0 aliphatic carbocycles. The van der Waals surface area contributed by atoms with Crippen LogP contribution in [0.15, 0.2) is 0 Å². The highest BCUT2D eigenvalue weighted by atomic mass is 35.5. The summed E-state index contributed by atoms with van der Waals surface area (Å²) >= 11 is 11.2. The van der Waals surface area contributed by atoms with Crippen molar-refractivity contribution in [3.05, 3.63) is 0 Å². The molecular weight excluding hydrogens is 235 g/mol. The van der Waals surface area contributed by atoms with Crippen molar-refractivity contribution in [1.29, 1.82) is 0 Å². The van der Waals surface area contributed by atoms with E-state index in [-0.39, 0.29) is 0 Å². The van der Waals surface area contributed by atoms with Crippen molar-refractivity contribution < 1.29 is 9.59 Å². The summed E-state index contributed by atoms with van der Waals surface area (Å²) in [5.74, 6) is 0. The van der Waals surface area contributed by atoms with E-state index in [9.17, 15) is 9.59 Å². The Morgan fingerprint density at radius 3 is 0.933 bits per heavy atom. The molecule has 0 spiro atoms. The molecule has 0 aliphatic heterocycles. The lowest BCUT2D eigenvalue weighted by atomic mass is 9.55. The summed E-state index contributed by atoms with van der Waals surface area (Å²) in [6.07, 6.45) is 0. The molecule has 0 radical (unpaired) electrons. The van der Waals surface area contributed by atoms with E-state index in [4.69, 9.17) is 23.2 Å². The predicted molar refractivity (Wildman–Crippen MR) is 63.1 cm³/mol. The third-order valence-corrected chi connectivity index (χ3v) is 3.41. The van der Waals surface area contributed by atoms with Crippen LogP contribution >= 0.6 is 23.2 Å². The average Bonchev–Trinajstić information content (AvgIpc) is 1.75. The molecule has 2 nitrogen and oxygen atoms in total. The van der Waals surface area contributed by atoms with Crippen LogP contribution in [-0.4, -0.2) is 10.5 Å². The third-order valence-electron chi connectivity index (χ3n) is 2.84. The van der Waals surface area contributed by atoms with Gasteiger partial charge < -0.3 is 0 Å². The van der Waals surface area contributed by atoms with Crippen LogP contribution in [0.5, 0.6) is 0 Å². The van der Waals surface area contributed by atoms with Gasteiger partial charge in [-0.1, -0.05) is 41.5 Å². The predicted octanol–water partition coefficient (Wildman–Crippen LogP) is 3.60. The first-order chi connectivity index (χ1) is 6.39. The number of carbonyl (C=O) groups is 2. The molecule has 0 atom stereocenters. The fourth-order valence-corrected chi connectivity index (χ4v) is 3.74. The van der Waals surface area contributed by atoms with E-state index in [1.807, 2.05) is 0 Å². The lowest BCUT2D eigenvalue weighted by molar-refractivity contribution is -0.149. The number of halogens is 2. The Kier molecular flexibility index (Phi) is 4.04. The normalized spacial score (nSPS) is 13.9. The first kappa shape index (κ1) is 14.9. The number of hydrogen-bond acceptors (Lipinski definition) is 2. The van der Waals surface area contributed by atoms with Crippen molar-refractivity contribution in [3.8, 4) is 0 Å². The topological polar surface area (TPSA) is 34.1 Å². The molecule has 0 aromatic heterocycles. The largest absolute Gasteiger partial charge is 0.280 e. The van der Waals surface area contributed by atoms with Crippen LogP contribution in [0.25, 0.3) is 0 Å². The quantitative estimate of drug-likeness (QED) is 0.556. The second-order valence-corrected chi connectivity index (χ2v) is 6.48. The van der Waals surface area contributed by atoms with Gasteiger partial charge in [-0.2, -0.15) is 0 Å². The summed E-state index contributed by atoms with van der Waals surface area (Å²) in [6.45, 7) is 10.7. The second-order valence-electron chi connectivity index (χ2n) is 5.80. The van der Waals surface area contributed by atoms with Crippen LogP contribution in [0.4, 0.5) is 0 Å². The summed E-state index contributed by atoms with van der Waals surface area (Å²) in [7, 11) is 0. The second kappa shape index (κ2) is 4.06. The molecule has 0 rings (SSSR count). The van der Waals surface area contributed by atoms with Crippen molar-refractivity contribution in [1.82, 2.24) is 0 Å². The molecule has 0 aromatic carbocycles. The third kappa shape index (κ3) is 2.21. The van der Waals surface area contributed by atoms with Gasteiger partial charge in [0, 0.05) is 0 Å². The van der Waals surface area contributed by atoms with Gasteiger partial charge in [-0.05, 0) is 34.0 Å². The molecule has 0 unspecified atom stereocenters. The molecule has 0 fully saturated rings. The first-order valence-corrected chi connectivity index (χ1v) is 5.54. The molecule has 0 amide bonds. The molecule has 0 aliphatic rings. The van der Waals surface area contributed by atoms with Crippen LogP contribution in [0.1, 0.15) is 41.5 Å². The fourth-order valence-electron chi connectivity index (χ4n) is 2.38.